The molecule has 4 atom stereocenters. The number of carbonyl (C=O) groups excluding carboxylic acids is 1. The van der Waals surface area contributed by atoms with Gasteiger partial charge in [-0.2, -0.15) is 5.26 Å². The molecule has 0 aromatic rings. The molecule has 2 fully saturated rings. The number of rotatable bonds is 1. The standard InChI is InChI=1S/C20H25NO2/c1-19-8-6-16-15-5-3-14(22)12-13(15)2-4-17(16)18(19)7-9-20(19,23)10-11-21/h12,17-18,23H,2-10H2,1H3/t17-,18+,19?,20-/m1/s1. The quantitative estimate of drug-likeness (QED) is 0.800. The summed E-state index contributed by atoms with van der Waals surface area (Å²) in [7, 11) is 0. The van der Waals surface area contributed by atoms with Crippen LogP contribution in [0.2, 0.25) is 0 Å². The number of aliphatic hydroxyl groups is 1. The van der Waals surface area contributed by atoms with E-state index in [0.29, 0.717) is 18.3 Å². The normalized spacial score (nSPS) is 42.5. The van der Waals surface area contributed by atoms with Crippen molar-refractivity contribution in [3.05, 3.63) is 22.8 Å². The summed E-state index contributed by atoms with van der Waals surface area (Å²) in [4.78, 5) is 11.7. The molecule has 0 amide bonds. The summed E-state index contributed by atoms with van der Waals surface area (Å²) in [5.41, 5.74) is 3.42. The van der Waals surface area contributed by atoms with E-state index in [2.05, 4.69) is 13.0 Å². The Bertz CT molecular complexity index is 668. The highest BCUT2D eigenvalue weighted by atomic mass is 16.3. The minimum atomic E-state index is -0.804. The van der Waals surface area contributed by atoms with E-state index >= 15 is 0 Å². The van der Waals surface area contributed by atoms with Crippen LogP contribution in [0.1, 0.15) is 64.7 Å². The van der Waals surface area contributed by atoms with E-state index in [9.17, 15) is 9.90 Å². The maximum absolute atomic E-state index is 11.7. The Morgan fingerprint density at radius 1 is 1.26 bits per heavy atom. The molecule has 0 saturated heterocycles. The molecule has 0 aromatic heterocycles. The zero-order chi connectivity index (χ0) is 16.2. The maximum Gasteiger partial charge on any atom is 0.156 e. The van der Waals surface area contributed by atoms with Crippen molar-refractivity contribution in [3.63, 3.8) is 0 Å². The number of ketones is 1. The van der Waals surface area contributed by atoms with Gasteiger partial charge in [0.1, 0.15) is 0 Å². The van der Waals surface area contributed by atoms with Crippen LogP contribution in [-0.4, -0.2) is 16.5 Å². The summed E-state index contributed by atoms with van der Waals surface area (Å²) in [5, 5.41) is 20.3. The van der Waals surface area contributed by atoms with Gasteiger partial charge in [-0.15, -0.1) is 0 Å². The van der Waals surface area contributed by atoms with Gasteiger partial charge in [0.2, 0.25) is 0 Å². The van der Waals surface area contributed by atoms with Crippen LogP contribution < -0.4 is 0 Å². The van der Waals surface area contributed by atoms with Crippen LogP contribution in [0.15, 0.2) is 22.8 Å². The molecule has 0 bridgehead atoms. The molecule has 0 aliphatic heterocycles. The molecule has 0 spiro atoms. The molecule has 4 rings (SSSR count). The van der Waals surface area contributed by atoms with Crippen molar-refractivity contribution >= 4 is 5.78 Å². The second kappa shape index (κ2) is 5.05. The zero-order valence-electron chi connectivity index (χ0n) is 13.9. The smallest absolute Gasteiger partial charge is 0.156 e. The maximum atomic E-state index is 11.7. The Hall–Kier alpha value is -1.40. The molecular weight excluding hydrogens is 286 g/mol. The first-order valence-electron chi connectivity index (χ1n) is 9.03. The van der Waals surface area contributed by atoms with Crippen molar-refractivity contribution in [2.45, 2.75) is 70.3 Å². The van der Waals surface area contributed by atoms with E-state index < -0.39 is 5.60 Å². The zero-order valence-corrected chi connectivity index (χ0v) is 13.9. The molecule has 3 heteroatoms. The highest BCUT2D eigenvalue weighted by Crippen LogP contribution is 2.64. The molecule has 0 radical (unpaired) electrons. The molecule has 4 aliphatic carbocycles. The predicted molar refractivity (Wildman–Crippen MR) is 87.3 cm³/mol. The lowest BCUT2D eigenvalue weighted by Crippen LogP contribution is -2.49. The molecule has 4 aliphatic rings. The first kappa shape index (κ1) is 15.1. The average molecular weight is 311 g/mol. The Morgan fingerprint density at radius 3 is 2.87 bits per heavy atom. The number of allylic oxidation sites excluding steroid dienone is 4. The van der Waals surface area contributed by atoms with E-state index in [1.807, 2.05) is 6.08 Å². The van der Waals surface area contributed by atoms with Gasteiger partial charge in [0, 0.05) is 11.8 Å². The van der Waals surface area contributed by atoms with Gasteiger partial charge in [0.15, 0.2) is 5.78 Å². The van der Waals surface area contributed by atoms with Crippen molar-refractivity contribution in [3.8, 4) is 6.07 Å². The molecule has 0 aromatic carbocycles. The number of fused-ring (bicyclic) bond motifs is 4. The molecule has 2 saturated carbocycles. The van der Waals surface area contributed by atoms with Gasteiger partial charge in [-0.3, -0.25) is 4.79 Å². The minimum Gasteiger partial charge on any atom is -0.388 e. The van der Waals surface area contributed by atoms with E-state index in [4.69, 9.17) is 5.26 Å². The lowest BCUT2D eigenvalue weighted by atomic mass is 9.54. The van der Waals surface area contributed by atoms with Crippen LogP contribution in [0.25, 0.3) is 0 Å². The minimum absolute atomic E-state index is 0.122. The first-order valence-corrected chi connectivity index (χ1v) is 9.03. The van der Waals surface area contributed by atoms with Gasteiger partial charge in [-0.05, 0) is 74.0 Å². The molecular formula is C20H25NO2. The number of carbonyl (C=O) groups is 1. The Labute approximate surface area is 138 Å². The van der Waals surface area contributed by atoms with Crippen LogP contribution in [-0.2, 0) is 4.79 Å². The number of nitrogens with zero attached hydrogens (tertiary/aromatic N) is 1. The third-order valence-electron chi connectivity index (χ3n) is 7.43. The summed E-state index contributed by atoms with van der Waals surface area (Å²) in [5.74, 6) is 1.34. The summed E-state index contributed by atoms with van der Waals surface area (Å²) in [6, 6.07) is 2.22. The summed E-state index contributed by atoms with van der Waals surface area (Å²) in [6.07, 6.45) is 9.67. The van der Waals surface area contributed by atoms with Gasteiger partial charge in [-0.1, -0.05) is 12.5 Å². The largest absolute Gasteiger partial charge is 0.388 e. The van der Waals surface area contributed by atoms with Gasteiger partial charge in [-0.25, -0.2) is 0 Å². The Kier molecular flexibility index (Phi) is 3.32. The Balaban J connectivity index is 1.72. The molecule has 23 heavy (non-hydrogen) atoms. The van der Waals surface area contributed by atoms with Gasteiger partial charge in [0.05, 0.1) is 18.1 Å². The molecule has 3 nitrogen and oxygen atoms in total. The van der Waals surface area contributed by atoms with Crippen LogP contribution in [0.4, 0.5) is 0 Å². The number of hydrogen-bond acceptors (Lipinski definition) is 3. The SMILES string of the molecule is CC12CCC3=C4CCC(=O)C=C4CC[C@H]3[C@@H]1CC[C@@]2(O)CC#N. The lowest BCUT2D eigenvalue weighted by Gasteiger charge is -2.51. The van der Waals surface area contributed by atoms with Crippen LogP contribution in [0, 0.1) is 28.6 Å². The topological polar surface area (TPSA) is 61.1 Å². The van der Waals surface area contributed by atoms with Gasteiger partial charge < -0.3 is 5.11 Å². The second-order valence-electron chi connectivity index (χ2n) is 8.21. The van der Waals surface area contributed by atoms with E-state index in [1.165, 1.54) is 11.1 Å². The molecule has 122 valence electrons. The van der Waals surface area contributed by atoms with E-state index in [0.717, 1.165) is 44.9 Å². The fraction of sp³-hybridized carbons (Fsp3) is 0.700. The van der Waals surface area contributed by atoms with Crippen molar-refractivity contribution < 1.29 is 9.90 Å². The fourth-order valence-electron chi connectivity index (χ4n) is 6.06. The van der Waals surface area contributed by atoms with Crippen molar-refractivity contribution in [2.24, 2.45) is 17.3 Å². The molecule has 1 N–H and O–H groups in total. The number of nitriles is 1. The first-order chi connectivity index (χ1) is 11.0. The van der Waals surface area contributed by atoms with Crippen LogP contribution in [0.5, 0.6) is 0 Å². The van der Waals surface area contributed by atoms with Gasteiger partial charge in [0.25, 0.3) is 0 Å². The lowest BCUT2D eigenvalue weighted by molar-refractivity contribution is -0.114. The van der Waals surface area contributed by atoms with E-state index in [-0.39, 0.29) is 17.6 Å². The molecule has 0 heterocycles. The van der Waals surface area contributed by atoms with Crippen LogP contribution >= 0.6 is 0 Å². The highest BCUT2D eigenvalue weighted by molar-refractivity contribution is 5.93. The third-order valence-corrected chi connectivity index (χ3v) is 7.43. The Morgan fingerprint density at radius 2 is 2.09 bits per heavy atom. The summed E-state index contributed by atoms with van der Waals surface area (Å²) >= 11 is 0. The van der Waals surface area contributed by atoms with Crippen molar-refractivity contribution in [1.29, 1.82) is 5.26 Å². The number of hydrogen-bond donors (Lipinski definition) is 1. The van der Waals surface area contributed by atoms with Crippen LogP contribution in [0.3, 0.4) is 0 Å². The van der Waals surface area contributed by atoms with Crippen molar-refractivity contribution in [2.75, 3.05) is 0 Å². The monoisotopic (exact) mass is 311 g/mol. The second-order valence-corrected chi connectivity index (χ2v) is 8.21. The fourth-order valence-corrected chi connectivity index (χ4v) is 6.06. The summed E-state index contributed by atoms with van der Waals surface area (Å²) < 4.78 is 0. The van der Waals surface area contributed by atoms with Gasteiger partial charge >= 0.3 is 0 Å². The highest BCUT2D eigenvalue weighted by Gasteiger charge is 2.60. The third kappa shape index (κ3) is 2.01. The molecule has 1 unspecified atom stereocenters. The predicted octanol–water partition coefficient (Wildman–Crippen LogP) is 3.84. The average Bonchev–Trinajstić information content (AvgIpc) is 2.79. The van der Waals surface area contributed by atoms with E-state index in [1.54, 1.807) is 5.57 Å². The van der Waals surface area contributed by atoms with Crippen molar-refractivity contribution in [1.82, 2.24) is 0 Å². The summed E-state index contributed by atoms with van der Waals surface area (Å²) in [6.45, 7) is 2.22.